The minimum atomic E-state index is -0.593. The Kier molecular flexibility index (Phi) is 6.04. The monoisotopic (exact) mass is 496 g/mol. The van der Waals surface area contributed by atoms with Crippen molar-refractivity contribution in [1.29, 1.82) is 0 Å². The summed E-state index contributed by atoms with van der Waals surface area (Å²) in [5, 5.41) is 4.75. The van der Waals surface area contributed by atoms with Gasteiger partial charge in [0.25, 0.3) is 11.8 Å². The second-order valence-electron chi connectivity index (χ2n) is 8.58. The van der Waals surface area contributed by atoms with Gasteiger partial charge in [-0.25, -0.2) is 9.69 Å². The van der Waals surface area contributed by atoms with Crippen molar-refractivity contribution in [2.45, 2.75) is 13.8 Å². The number of imide groups is 1. The van der Waals surface area contributed by atoms with Crippen LogP contribution in [0.3, 0.4) is 0 Å². The molecule has 0 spiro atoms. The Morgan fingerprint density at radius 1 is 0.806 bits per heavy atom. The molecule has 178 valence electrons. The third kappa shape index (κ3) is 4.46. The number of aryl methyl sites for hydroxylation is 2. The lowest BCUT2D eigenvalue weighted by molar-refractivity contribution is -0.120. The molecule has 4 aromatic carbocycles. The van der Waals surface area contributed by atoms with Crippen molar-refractivity contribution in [2.24, 2.45) is 0 Å². The van der Waals surface area contributed by atoms with Crippen molar-refractivity contribution >= 4 is 51.5 Å². The van der Waals surface area contributed by atoms with Crippen LogP contribution in [-0.2, 0) is 9.59 Å². The van der Waals surface area contributed by atoms with E-state index in [1.54, 1.807) is 42.5 Å². The summed E-state index contributed by atoms with van der Waals surface area (Å²) < 4.78 is 5.52. The number of anilines is 2. The summed E-state index contributed by atoms with van der Waals surface area (Å²) in [6.07, 6.45) is 0. The summed E-state index contributed by atoms with van der Waals surface area (Å²) in [7, 11) is 0. The largest absolute Gasteiger partial charge is 0.423 e. The van der Waals surface area contributed by atoms with Gasteiger partial charge in [0, 0.05) is 5.69 Å². The molecular weight excluding hydrogens is 476 g/mol. The van der Waals surface area contributed by atoms with Crippen LogP contribution in [0.15, 0.2) is 95.7 Å². The number of carbonyl (C=O) groups excluding carboxylic acids is 3. The predicted molar refractivity (Wildman–Crippen MR) is 140 cm³/mol. The molecule has 0 saturated carbocycles. The van der Waals surface area contributed by atoms with Crippen LogP contribution in [0, 0.1) is 13.8 Å². The van der Waals surface area contributed by atoms with Gasteiger partial charge in [0.15, 0.2) is 0 Å². The lowest BCUT2D eigenvalue weighted by atomic mass is 10.1. The zero-order chi connectivity index (χ0) is 25.4. The molecule has 5 rings (SSSR count). The van der Waals surface area contributed by atoms with Crippen LogP contribution in [0.1, 0.15) is 21.5 Å². The molecule has 0 aliphatic carbocycles. The molecule has 1 aliphatic rings. The molecule has 36 heavy (non-hydrogen) atoms. The number of benzene rings is 4. The number of halogens is 1. The highest BCUT2D eigenvalue weighted by molar-refractivity contribution is 6.53. The average molecular weight is 497 g/mol. The molecule has 2 amide bonds. The fourth-order valence-corrected chi connectivity index (χ4v) is 4.37. The van der Waals surface area contributed by atoms with Gasteiger partial charge in [-0.05, 0) is 84.3 Å². The number of nitrogens with one attached hydrogen (secondary N) is 1. The van der Waals surface area contributed by atoms with Crippen molar-refractivity contribution in [3.05, 3.63) is 112 Å². The van der Waals surface area contributed by atoms with E-state index in [0.29, 0.717) is 22.7 Å². The number of ether oxygens (including phenoxy) is 1. The maximum absolute atomic E-state index is 13.1. The molecule has 0 bridgehead atoms. The standard InChI is InChI=1S/C29H21ClN2O4/c1-17-13-18(2)15-23(14-17)32-27(33)25(30)26(28(32)34)31-22-10-7-20(8-11-22)29(35)36-24-12-9-19-5-3-4-6-21(19)16-24/h3-16,31H,1-2H3. The highest BCUT2D eigenvalue weighted by Crippen LogP contribution is 2.31. The van der Waals surface area contributed by atoms with Gasteiger partial charge < -0.3 is 10.1 Å². The molecular formula is C29H21ClN2O4. The van der Waals surface area contributed by atoms with Gasteiger partial charge in [0.1, 0.15) is 16.5 Å². The van der Waals surface area contributed by atoms with Gasteiger partial charge in [-0.15, -0.1) is 0 Å². The molecule has 6 nitrogen and oxygen atoms in total. The summed E-state index contributed by atoms with van der Waals surface area (Å²) in [6.45, 7) is 3.78. The number of fused-ring (bicyclic) bond motifs is 1. The Labute approximate surface area is 212 Å². The molecule has 0 unspecified atom stereocenters. The van der Waals surface area contributed by atoms with Crippen LogP contribution in [0.4, 0.5) is 11.4 Å². The molecule has 1 N–H and O–H groups in total. The summed E-state index contributed by atoms with van der Waals surface area (Å²) in [6, 6.07) is 25.1. The number of nitrogens with zero attached hydrogens (tertiary/aromatic N) is 1. The Morgan fingerprint density at radius 2 is 1.47 bits per heavy atom. The van der Waals surface area contributed by atoms with E-state index in [1.165, 1.54) is 0 Å². The molecule has 4 aromatic rings. The molecule has 1 heterocycles. The van der Waals surface area contributed by atoms with Gasteiger partial charge in [0.05, 0.1) is 11.3 Å². The van der Waals surface area contributed by atoms with Crippen molar-refractivity contribution in [1.82, 2.24) is 0 Å². The van der Waals surface area contributed by atoms with Crippen molar-refractivity contribution < 1.29 is 19.1 Å². The fourth-order valence-electron chi connectivity index (χ4n) is 4.16. The topological polar surface area (TPSA) is 75.7 Å². The van der Waals surface area contributed by atoms with Crippen molar-refractivity contribution in [3.8, 4) is 5.75 Å². The van der Waals surface area contributed by atoms with Gasteiger partial charge in [-0.2, -0.15) is 0 Å². The normalized spacial score (nSPS) is 13.5. The highest BCUT2D eigenvalue weighted by Gasteiger charge is 2.39. The highest BCUT2D eigenvalue weighted by atomic mass is 35.5. The van der Waals surface area contributed by atoms with E-state index >= 15 is 0 Å². The Hall–Kier alpha value is -4.42. The second kappa shape index (κ2) is 9.32. The van der Waals surface area contributed by atoms with E-state index in [2.05, 4.69) is 5.32 Å². The maximum atomic E-state index is 13.1. The number of hydrogen-bond acceptors (Lipinski definition) is 5. The molecule has 0 radical (unpaired) electrons. The van der Waals surface area contributed by atoms with E-state index in [9.17, 15) is 14.4 Å². The second-order valence-corrected chi connectivity index (χ2v) is 8.96. The molecule has 1 aliphatic heterocycles. The van der Waals surface area contributed by atoms with E-state index in [4.69, 9.17) is 16.3 Å². The first-order valence-electron chi connectivity index (χ1n) is 11.2. The van der Waals surface area contributed by atoms with Gasteiger partial charge in [-0.3, -0.25) is 9.59 Å². The molecule has 0 aromatic heterocycles. The number of amides is 2. The van der Waals surface area contributed by atoms with E-state index in [0.717, 1.165) is 26.8 Å². The average Bonchev–Trinajstić information content (AvgIpc) is 3.06. The summed E-state index contributed by atoms with van der Waals surface area (Å²) >= 11 is 6.24. The minimum absolute atomic E-state index is 0.0210. The Bertz CT molecular complexity index is 1550. The SMILES string of the molecule is Cc1cc(C)cc(N2C(=O)C(Cl)=C(Nc3ccc(C(=O)Oc4ccc5ccccc5c4)cc3)C2=O)c1. The van der Waals surface area contributed by atoms with E-state index in [-0.39, 0.29) is 10.7 Å². The van der Waals surface area contributed by atoms with Crippen LogP contribution in [-0.4, -0.2) is 17.8 Å². The van der Waals surface area contributed by atoms with Gasteiger partial charge in [0.2, 0.25) is 0 Å². The van der Waals surface area contributed by atoms with E-state index < -0.39 is 17.8 Å². The fraction of sp³-hybridized carbons (Fsp3) is 0.0690. The van der Waals surface area contributed by atoms with Crippen LogP contribution in [0.2, 0.25) is 0 Å². The van der Waals surface area contributed by atoms with Crippen LogP contribution in [0.5, 0.6) is 5.75 Å². The summed E-state index contributed by atoms with van der Waals surface area (Å²) in [5.41, 5.74) is 3.12. The first-order chi connectivity index (χ1) is 17.3. The molecule has 0 saturated heterocycles. The third-order valence-electron chi connectivity index (χ3n) is 5.81. The summed E-state index contributed by atoms with van der Waals surface area (Å²) in [5.74, 6) is -1.21. The lowest BCUT2D eigenvalue weighted by Gasteiger charge is -2.16. The maximum Gasteiger partial charge on any atom is 0.343 e. The minimum Gasteiger partial charge on any atom is -0.423 e. The van der Waals surface area contributed by atoms with Crippen LogP contribution in [0.25, 0.3) is 10.8 Å². The van der Waals surface area contributed by atoms with Gasteiger partial charge >= 0.3 is 5.97 Å². The molecule has 0 fully saturated rings. The predicted octanol–water partition coefficient (Wildman–Crippen LogP) is 6.11. The van der Waals surface area contributed by atoms with Crippen LogP contribution < -0.4 is 15.0 Å². The number of hydrogen-bond donors (Lipinski definition) is 1. The van der Waals surface area contributed by atoms with Gasteiger partial charge in [-0.1, -0.05) is 48.0 Å². The zero-order valence-corrected chi connectivity index (χ0v) is 20.3. The first-order valence-corrected chi connectivity index (χ1v) is 11.6. The Balaban J connectivity index is 1.30. The van der Waals surface area contributed by atoms with Crippen molar-refractivity contribution in [3.63, 3.8) is 0 Å². The third-order valence-corrected chi connectivity index (χ3v) is 6.16. The molecule has 7 heteroatoms. The zero-order valence-electron chi connectivity index (χ0n) is 19.5. The quantitative estimate of drug-likeness (QED) is 0.205. The lowest BCUT2D eigenvalue weighted by Crippen LogP contribution is -2.32. The Morgan fingerprint density at radius 3 is 2.17 bits per heavy atom. The number of esters is 1. The summed E-state index contributed by atoms with van der Waals surface area (Å²) in [4.78, 5) is 39.5. The van der Waals surface area contributed by atoms with E-state index in [1.807, 2.05) is 56.3 Å². The number of rotatable bonds is 5. The molecule has 0 atom stereocenters. The number of carbonyl (C=O) groups is 3. The van der Waals surface area contributed by atoms with Crippen LogP contribution >= 0.6 is 11.6 Å². The first kappa shape index (κ1) is 23.3. The van der Waals surface area contributed by atoms with Crippen molar-refractivity contribution in [2.75, 3.05) is 10.2 Å². The smallest absolute Gasteiger partial charge is 0.343 e.